The lowest BCUT2D eigenvalue weighted by atomic mass is 9.91. The van der Waals surface area contributed by atoms with Crippen molar-refractivity contribution in [2.45, 2.75) is 19.9 Å². The van der Waals surface area contributed by atoms with E-state index >= 15 is 0 Å². The Labute approximate surface area is 168 Å². The van der Waals surface area contributed by atoms with Crippen molar-refractivity contribution in [1.29, 1.82) is 0 Å². The SMILES string of the molecule is CCOC(=O)C1=C(c2ccccc2)N=C2SCC(=O)N2[C@H]1c1ccc(C)cc1. The van der Waals surface area contributed by atoms with E-state index in [1.807, 2.05) is 61.5 Å². The molecule has 2 aliphatic heterocycles. The van der Waals surface area contributed by atoms with Crippen molar-refractivity contribution >= 4 is 34.5 Å². The number of ether oxygens (including phenoxy) is 1. The number of hydrogen-bond donors (Lipinski definition) is 0. The number of carbonyl (C=O) groups is 2. The highest BCUT2D eigenvalue weighted by Gasteiger charge is 2.44. The summed E-state index contributed by atoms with van der Waals surface area (Å²) in [5.74, 6) is -0.179. The van der Waals surface area contributed by atoms with Crippen molar-refractivity contribution in [3.05, 3.63) is 76.9 Å². The molecule has 4 rings (SSSR count). The minimum atomic E-state index is -0.551. The Hall–Kier alpha value is -2.86. The fraction of sp³-hybridized carbons (Fsp3) is 0.227. The van der Waals surface area contributed by atoms with Crippen LogP contribution in [-0.2, 0) is 14.3 Å². The molecule has 1 amide bonds. The average molecular weight is 392 g/mol. The Morgan fingerprint density at radius 3 is 2.57 bits per heavy atom. The number of fused-ring (bicyclic) bond motifs is 1. The number of amidine groups is 1. The molecular formula is C22H20N2O3S. The van der Waals surface area contributed by atoms with Crippen LogP contribution >= 0.6 is 11.8 Å². The molecule has 28 heavy (non-hydrogen) atoms. The molecular weight excluding hydrogens is 372 g/mol. The summed E-state index contributed by atoms with van der Waals surface area (Å²) in [6, 6.07) is 16.9. The van der Waals surface area contributed by atoms with Gasteiger partial charge in [0.05, 0.1) is 29.7 Å². The molecule has 0 spiro atoms. The van der Waals surface area contributed by atoms with Crippen LogP contribution < -0.4 is 0 Å². The number of amides is 1. The van der Waals surface area contributed by atoms with Crippen LogP contribution in [0.1, 0.15) is 29.7 Å². The lowest BCUT2D eigenvalue weighted by molar-refractivity contribution is -0.139. The van der Waals surface area contributed by atoms with Gasteiger partial charge in [0.2, 0.25) is 5.91 Å². The van der Waals surface area contributed by atoms with Gasteiger partial charge in [0, 0.05) is 5.56 Å². The molecule has 2 aliphatic rings. The van der Waals surface area contributed by atoms with Crippen molar-refractivity contribution in [2.75, 3.05) is 12.4 Å². The van der Waals surface area contributed by atoms with Gasteiger partial charge in [0.15, 0.2) is 5.17 Å². The second kappa shape index (κ2) is 7.64. The third-order valence-corrected chi connectivity index (χ3v) is 5.67. The van der Waals surface area contributed by atoms with Gasteiger partial charge in [-0.05, 0) is 19.4 Å². The summed E-state index contributed by atoms with van der Waals surface area (Å²) in [4.78, 5) is 32.1. The zero-order valence-electron chi connectivity index (χ0n) is 15.7. The van der Waals surface area contributed by atoms with E-state index in [9.17, 15) is 9.59 Å². The smallest absolute Gasteiger partial charge is 0.338 e. The number of thioether (sulfide) groups is 1. The average Bonchev–Trinajstić information content (AvgIpc) is 3.09. The normalized spacial score (nSPS) is 18.8. The highest BCUT2D eigenvalue weighted by Crippen LogP contribution is 2.43. The van der Waals surface area contributed by atoms with Crippen molar-refractivity contribution in [1.82, 2.24) is 4.90 Å². The van der Waals surface area contributed by atoms with E-state index in [0.717, 1.165) is 16.7 Å². The first-order valence-corrected chi connectivity index (χ1v) is 10.2. The Kier molecular flexibility index (Phi) is 5.05. The first-order valence-electron chi connectivity index (χ1n) is 9.17. The number of hydrogen-bond acceptors (Lipinski definition) is 5. The number of nitrogens with zero attached hydrogens (tertiary/aromatic N) is 2. The van der Waals surface area contributed by atoms with Crippen LogP contribution in [0, 0.1) is 6.92 Å². The molecule has 2 aromatic carbocycles. The van der Waals surface area contributed by atoms with E-state index in [1.165, 1.54) is 11.8 Å². The Morgan fingerprint density at radius 2 is 1.89 bits per heavy atom. The number of rotatable bonds is 4. The van der Waals surface area contributed by atoms with Gasteiger partial charge in [0.25, 0.3) is 0 Å². The van der Waals surface area contributed by atoms with Crippen LogP contribution in [0.5, 0.6) is 0 Å². The summed E-state index contributed by atoms with van der Waals surface area (Å²) >= 11 is 1.40. The molecule has 142 valence electrons. The molecule has 2 heterocycles. The van der Waals surface area contributed by atoms with Gasteiger partial charge < -0.3 is 4.74 Å². The minimum Gasteiger partial charge on any atom is -0.463 e. The molecule has 0 radical (unpaired) electrons. The van der Waals surface area contributed by atoms with E-state index in [1.54, 1.807) is 11.8 Å². The Bertz CT molecular complexity index is 981. The van der Waals surface area contributed by atoms with Gasteiger partial charge in [-0.2, -0.15) is 0 Å². The standard InChI is InChI=1S/C22H20N2O3S/c1-3-27-21(26)18-19(15-7-5-4-6-8-15)23-22-24(17(25)13-28-22)20(18)16-11-9-14(2)10-12-16/h4-12,20H,3,13H2,1-2H3/t20-/m0/s1. The topological polar surface area (TPSA) is 59.0 Å². The summed E-state index contributed by atoms with van der Waals surface area (Å²) < 4.78 is 5.38. The number of carbonyl (C=O) groups excluding carboxylic acids is 2. The molecule has 0 bridgehead atoms. The molecule has 6 heteroatoms. The summed E-state index contributed by atoms with van der Waals surface area (Å²) in [5, 5.41) is 0.627. The van der Waals surface area contributed by atoms with Gasteiger partial charge in [-0.15, -0.1) is 0 Å². The number of aliphatic imine (C=N–C) groups is 1. The molecule has 1 saturated heterocycles. The van der Waals surface area contributed by atoms with Crippen LogP contribution in [0.3, 0.4) is 0 Å². The number of esters is 1. The maximum absolute atomic E-state index is 13.0. The molecule has 0 aliphatic carbocycles. The lowest BCUT2D eigenvalue weighted by Crippen LogP contribution is -2.39. The molecule has 1 fully saturated rings. The molecule has 0 N–H and O–H groups in total. The molecule has 1 atom stereocenters. The predicted molar refractivity (Wildman–Crippen MR) is 111 cm³/mol. The van der Waals surface area contributed by atoms with E-state index in [4.69, 9.17) is 9.73 Å². The molecule has 0 aromatic heterocycles. The molecule has 0 saturated carbocycles. The summed E-state index contributed by atoms with van der Waals surface area (Å²) in [6.07, 6.45) is 0. The van der Waals surface area contributed by atoms with E-state index in [2.05, 4.69) is 0 Å². The zero-order chi connectivity index (χ0) is 19.7. The first kappa shape index (κ1) is 18.5. The van der Waals surface area contributed by atoms with E-state index in [-0.39, 0.29) is 12.5 Å². The maximum atomic E-state index is 13.0. The first-order chi connectivity index (χ1) is 13.6. The Balaban J connectivity index is 1.96. The highest BCUT2D eigenvalue weighted by molar-refractivity contribution is 8.15. The quantitative estimate of drug-likeness (QED) is 0.739. The van der Waals surface area contributed by atoms with Gasteiger partial charge in [-0.25, -0.2) is 9.79 Å². The zero-order valence-corrected chi connectivity index (χ0v) is 16.5. The summed E-state index contributed by atoms with van der Waals surface area (Å²) in [5.41, 5.74) is 3.77. The maximum Gasteiger partial charge on any atom is 0.338 e. The molecule has 2 aromatic rings. The van der Waals surface area contributed by atoms with Gasteiger partial charge in [-0.3, -0.25) is 9.69 Å². The van der Waals surface area contributed by atoms with Crippen LogP contribution in [0.4, 0.5) is 0 Å². The third-order valence-electron chi connectivity index (χ3n) is 4.73. The van der Waals surface area contributed by atoms with Crippen LogP contribution in [-0.4, -0.2) is 34.3 Å². The Morgan fingerprint density at radius 1 is 1.18 bits per heavy atom. The van der Waals surface area contributed by atoms with E-state index in [0.29, 0.717) is 22.2 Å². The van der Waals surface area contributed by atoms with Crippen LogP contribution in [0.25, 0.3) is 5.70 Å². The van der Waals surface area contributed by atoms with Crippen molar-refractivity contribution in [3.8, 4) is 0 Å². The summed E-state index contributed by atoms with van der Waals surface area (Å²) in [6.45, 7) is 4.03. The predicted octanol–water partition coefficient (Wildman–Crippen LogP) is 3.96. The lowest BCUT2D eigenvalue weighted by Gasteiger charge is -2.33. The second-order valence-electron chi connectivity index (χ2n) is 6.61. The van der Waals surface area contributed by atoms with Gasteiger partial charge in [-0.1, -0.05) is 71.9 Å². The van der Waals surface area contributed by atoms with Crippen LogP contribution in [0.2, 0.25) is 0 Å². The monoisotopic (exact) mass is 392 g/mol. The van der Waals surface area contributed by atoms with Crippen molar-refractivity contribution < 1.29 is 14.3 Å². The molecule has 5 nitrogen and oxygen atoms in total. The van der Waals surface area contributed by atoms with E-state index < -0.39 is 12.0 Å². The van der Waals surface area contributed by atoms with Gasteiger partial charge >= 0.3 is 5.97 Å². The molecule has 0 unspecified atom stereocenters. The van der Waals surface area contributed by atoms with Crippen molar-refractivity contribution in [3.63, 3.8) is 0 Å². The minimum absolute atomic E-state index is 0.0526. The number of aryl methyl sites for hydroxylation is 1. The van der Waals surface area contributed by atoms with Crippen molar-refractivity contribution in [2.24, 2.45) is 4.99 Å². The highest BCUT2D eigenvalue weighted by atomic mass is 32.2. The fourth-order valence-corrected chi connectivity index (χ4v) is 4.32. The second-order valence-corrected chi connectivity index (χ2v) is 7.55. The number of benzene rings is 2. The largest absolute Gasteiger partial charge is 0.463 e. The van der Waals surface area contributed by atoms with Crippen LogP contribution in [0.15, 0.2) is 65.2 Å². The summed E-state index contributed by atoms with van der Waals surface area (Å²) in [7, 11) is 0. The third kappa shape index (κ3) is 3.24. The van der Waals surface area contributed by atoms with Gasteiger partial charge in [0.1, 0.15) is 0 Å². The fourth-order valence-electron chi connectivity index (χ4n) is 3.42.